The van der Waals surface area contributed by atoms with E-state index in [4.69, 9.17) is 15.9 Å². The zero-order valence-electron chi connectivity index (χ0n) is 32.8. The maximum Gasteiger partial charge on any atom is 0.328 e. The molecule has 9 atom stereocenters. The predicted octanol–water partition coefficient (Wildman–Crippen LogP) is -8.42. The van der Waals surface area contributed by atoms with Gasteiger partial charge in [-0.3, -0.25) is 43.2 Å². The number of nitrogens with zero attached hydrogens (tertiary/aromatic N) is 1. The molecule has 0 unspecified atom stereocenters. The van der Waals surface area contributed by atoms with Gasteiger partial charge in [0.1, 0.15) is 48.3 Å². The fourth-order valence-electron chi connectivity index (χ4n) is 5.39. The first-order valence-corrected chi connectivity index (χ1v) is 18.3. The zero-order valence-corrected chi connectivity index (χ0v) is 32.8. The molecule has 328 valence electrons. The van der Waals surface area contributed by atoms with Gasteiger partial charge in [0.15, 0.2) is 0 Å². The number of nitrogens with two attached hydrogens (primary N) is 1. The van der Waals surface area contributed by atoms with Crippen LogP contribution in [0, 0.1) is 5.92 Å². The van der Waals surface area contributed by atoms with E-state index in [0.717, 1.165) is 4.90 Å². The van der Waals surface area contributed by atoms with Crippen molar-refractivity contribution in [3.63, 3.8) is 0 Å². The third-order valence-corrected chi connectivity index (χ3v) is 8.70. The van der Waals surface area contributed by atoms with Crippen molar-refractivity contribution in [2.45, 2.75) is 102 Å². The van der Waals surface area contributed by atoms with Gasteiger partial charge < -0.3 is 78.7 Å². The summed E-state index contributed by atoms with van der Waals surface area (Å²) in [5.41, 5.74) is 5.21. The molecule has 0 aromatic rings. The number of aliphatic hydroxyl groups excluding tert-OH is 4. The number of aliphatic carboxylic acids is 1. The third kappa shape index (κ3) is 15.4. The van der Waals surface area contributed by atoms with Crippen molar-refractivity contribution in [1.82, 2.24) is 47.4 Å². The summed E-state index contributed by atoms with van der Waals surface area (Å²) in [6.45, 7) is 3.08. The van der Waals surface area contributed by atoms with Crippen molar-refractivity contribution in [2.75, 3.05) is 39.5 Å². The Morgan fingerprint density at radius 2 is 1.16 bits per heavy atom. The molecule has 9 amide bonds. The number of rotatable bonds is 23. The summed E-state index contributed by atoms with van der Waals surface area (Å²) < 4.78 is 0. The number of aliphatic hydroxyl groups is 4. The van der Waals surface area contributed by atoms with Crippen LogP contribution in [0.5, 0.6) is 0 Å². The molecule has 1 fully saturated rings. The SMILES string of the molecule is CC(C)[C@H](NC(=O)[C@@H](NC(=O)[C@H](CO)NC(=O)CN)[C@@H](C)O)C(=O)N[C@@H](C)C(=O)N[C@@H](C)C(=O)N1CCC[C@H]1C(=O)N[C@@H](CO)C(=O)NCC(=O)N[C@@H](CO)C(=O)O. The van der Waals surface area contributed by atoms with Crippen molar-refractivity contribution in [1.29, 1.82) is 0 Å². The lowest BCUT2D eigenvalue weighted by molar-refractivity contribution is -0.143. The largest absolute Gasteiger partial charge is 0.480 e. The monoisotopic (exact) mass is 832 g/mol. The van der Waals surface area contributed by atoms with Crippen LogP contribution in [-0.4, -0.2) is 183 Å². The Balaban J connectivity index is 2.87. The van der Waals surface area contributed by atoms with E-state index in [2.05, 4.69) is 37.2 Å². The maximum atomic E-state index is 13.4. The molecule has 1 aliphatic rings. The van der Waals surface area contributed by atoms with Gasteiger partial charge in [-0.05, 0) is 39.5 Å². The van der Waals surface area contributed by atoms with Gasteiger partial charge in [-0.1, -0.05) is 13.8 Å². The minimum Gasteiger partial charge on any atom is -0.480 e. The third-order valence-electron chi connectivity index (χ3n) is 8.70. The summed E-state index contributed by atoms with van der Waals surface area (Å²) >= 11 is 0. The van der Waals surface area contributed by atoms with E-state index in [0.29, 0.717) is 6.42 Å². The van der Waals surface area contributed by atoms with E-state index < -0.39 is 152 Å². The second-order valence-electron chi connectivity index (χ2n) is 13.7. The highest BCUT2D eigenvalue weighted by atomic mass is 16.4. The summed E-state index contributed by atoms with van der Waals surface area (Å²) in [5.74, 6) is -10.1. The molecule has 0 saturated carbocycles. The Morgan fingerprint density at radius 1 is 0.638 bits per heavy atom. The quantitative estimate of drug-likeness (QED) is 0.0455. The van der Waals surface area contributed by atoms with Gasteiger partial charge in [0.2, 0.25) is 53.2 Å². The molecule has 25 nitrogen and oxygen atoms in total. The average Bonchev–Trinajstić information content (AvgIpc) is 3.67. The van der Waals surface area contributed by atoms with Crippen LogP contribution < -0.4 is 48.3 Å². The van der Waals surface area contributed by atoms with Crippen LogP contribution in [0.4, 0.5) is 0 Å². The first-order valence-electron chi connectivity index (χ1n) is 18.3. The highest BCUT2D eigenvalue weighted by Crippen LogP contribution is 2.19. The van der Waals surface area contributed by atoms with Crippen LogP contribution in [0.2, 0.25) is 0 Å². The van der Waals surface area contributed by atoms with E-state index >= 15 is 0 Å². The van der Waals surface area contributed by atoms with Gasteiger partial charge >= 0.3 is 5.97 Å². The Hall–Kier alpha value is -5.50. The molecule has 0 bridgehead atoms. The topological polar surface area (TPSA) is 397 Å². The Bertz CT molecular complexity index is 1510. The van der Waals surface area contributed by atoms with E-state index in [1.54, 1.807) is 13.8 Å². The second-order valence-corrected chi connectivity index (χ2v) is 13.7. The van der Waals surface area contributed by atoms with Gasteiger partial charge in [-0.25, -0.2) is 4.79 Å². The van der Waals surface area contributed by atoms with E-state index in [1.165, 1.54) is 20.8 Å². The highest BCUT2D eigenvalue weighted by Gasteiger charge is 2.39. The zero-order chi connectivity index (χ0) is 44.4. The number of amides is 9. The van der Waals surface area contributed by atoms with Crippen LogP contribution in [-0.2, 0) is 47.9 Å². The Morgan fingerprint density at radius 3 is 1.67 bits per heavy atom. The lowest BCUT2D eigenvalue weighted by atomic mass is 10.0. The number of hydrogen-bond acceptors (Lipinski definition) is 15. The number of carboxylic acid groups (broad SMARTS) is 1. The summed E-state index contributed by atoms with van der Waals surface area (Å²) in [7, 11) is 0. The summed E-state index contributed by atoms with van der Waals surface area (Å²) in [6, 6.07) is -11.3. The van der Waals surface area contributed by atoms with Crippen molar-refractivity contribution >= 4 is 59.1 Å². The summed E-state index contributed by atoms with van der Waals surface area (Å²) in [5, 5.41) is 65.3. The van der Waals surface area contributed by atoms with Gasteiger partial charge in [0.25, 0.3) is 0 Å². The molecule has 25 heteroatoms. The number of hydrogen-bond donors (Lipinski definition) is 14. The molecule has 0 aromatic heterocycles. The molecule has 58 heavy (non-hydrogen) atoms. The van der Waals surface area contributed by atoms with Crippen molar-refractivity contribution < 1.29 is 73.5 Å². The molecule has 1 rings (SSSR count). The van der Waals surface area contributed by atoms with Crippen molar-refractivity contribution in [3.8, 4) is 0 Å². The normalized spacial score (nSPS) is 17.8. The lowest BCUT2D eigenvalue weighted by Crippen LogP contribution is -2.62. The standard InChI is InChI=1S/C33H56N10O15/c1-14(2)24(41-31(55)25(17(5)47)42-28(52)19(12-45)38-22(48)9-34)30(54)36-15(3)26(50)37-16(4)32(56)43-8-6-7-21(43)29(53)40-18(11-44)27(51)35-10-23(49)39-20(13-46)33(57)58/h14-21,24-25,44-47H,6-13,34H2,1-5H3,(H,35,51)(H,36,54)(H,37,50)(H,38,48)(H,39,49)(H,40,53)(H,41,55)(H,42,52)(H,57,58)/t15-,16-,17+,18-,19-,20-,21-,24-,25-/m0/s1. The van der Waals surface area contributed by atoms with Crippen molar-refractivity contribution in [2.24, 2.45) is 11.7 Å². The molecule has 0 radical (unpaired) electrons. The minimum absolute atomic E-state index is 0.0852. The van der Waals surface area contributed by atoms with Crippen LogP contribution in [0.25, 0.3) is 0 Å². The molecular weight excluding hydrogens is 776 g/mol. The second kappa shape index (κ2) is 24.3. The molecule has 1 saturated heterocycles. The van der Waals surface area contributed by atoms with Crippen LogP contribution >= 0.6 is 0 Å². The van der Waals surface area contributed by atoms with Gasteiger partial charge in [-0.15, -0.1) is 0 Å². The molecule has 0 aliphatic carbocycles. The number of nitrogens with one attached hydrogen (secondary N) is 8. The van der Waals surface area contributed by atoms with Crippen molar-refractivity contribution in [3.05, 3.63) is 0 Å². The lowest BCUT2D eigenvalue weighted by Gasteiger charge is -2.29. The van der Waals surface area contributed by atoms with Gasteiger partial charge in [0, 0.05) is 6.54 Å². The molecule has 0 aromatic carbocycles. The Kier molecular flexibility index (Phi) is 21.2. The first-order chi connectivity index (χ1) is 27.1. The summed E-state index contributed by atoms with van der Waals surface area (Å²) in [4.78, 5) is 127. The van der Waals surface area contributed by atoms with E-state index in [1.807, 2.05) is 5.32 Å². The fourth-order valence-corrected chi connectivity index (χ4v) is 5.39. The molecule has 0 spiro atoms. The maximum absolute atomic E-state index is 13.4. The average molecular weight is 833 g/mol. The summed E-state index contributed by atoms with van der Waals surface area (Å²) in [6.07, 6.45) is -0.999. The predicted molar refractivity (Wildman–Crippen MR) is 197 cm³/mol. The first kappa shape index (κ1) is 50.5. The number of likely N-dealkylation sites (tertiary alicyclic amines) is 1. The van der Waals surface area contributed by atoms with Crippen LogP contribution in [0.3, 0.4) is 0 Å². The highest BCUT2D eigenvalue weighted by molar-refractivity contribution is 5.98. The number of carbonyl (C=O) groups is 10. The molecule has 1 aliphatic heterocycles. The van der Waals surface area contributed by atoms with E-state index in [-0.39, 0.29) is 13.0 Å². The molecule has 15 N–H and O–H groups in total. The molecular formula is C33H56N10O15. The fraction of sp³-hybridized carbons (Fsp3) is 0.697. The number of carbonyl (C=O) groups excluding carboxylic acids is 9. The van der Waals surface area contributed by atoms with Gasteiger partial charge in [-0.2, -0.15) is 0 Å². The Labute approximate surface area is 332 Å². The van der Waals surface area contributed by atoms with E-state index in [9.17, 15) is 63.3 Å². The number of carboxylic acids is 1. The molecule has 1 heterocycles. The van der Waals surface area contributed by atoms with Crippen LogP contribution in [0.1, 0.15) is 47.5 Å². The van der Waals surface area contributed by atoms with Gasteiger partial charge in [0.05, 0.1) is 39.0 Å². The minimum atomic E-state index is -1.65. The van der Waals surface area contributed by atoms with Crippen LogP contribution in [0.15, 0.2) is 0 Å². The smallest absolute Gasteiger partial charge is 0.328 e.